The topological polar surface area (TPSA) is 57.3 Å². The lowest BCUT2D eigenvalue weighted by atomic mass is 10.1. The van der Waals surface area contributed by atoms with E-state index >= 15 is 0 Å². The number of hydrogen-bond donors (Lipinski definition) is 2. The van der Waals surface area contributed by atoms with Crippen LogP contribution < -0.4 is 10.6 Å². The number of hydrogen-bond acceptors (Lipinski definition) is 4. The van der Waals surface area contributed by atoms with Crippen molar-refractivity contribution in [1.29, 1.82) is 0 Å². The first kappa shape index (κ1) is 23.3. The molecule has 2 aromatic carbocycles. The number of rotatable bonds is 8. The molecule has 1 aliphatic rings. The van der Waals surface area contributed by atoms with Gasteiger partial charge in [-0.1, -0.05) is 35.9 Å². The molecule has 0 unspecified atom stereocenters. The third kappa shape index (κ3) is 6.13. The smallest absolute Gasteiger partial charge is 0.237 e. The highest BCUT2D eigenvalue weighted by Crippen LogP contribution is 2.23. The predicted molar refractivity (Wildman–Crippen MR) is 123 cm³/mol. The molecule has 5 nitrogen and oxygen atoms in total. The fourth-order valence-electron chi connectivity index (χ4n) is 4.08. The minimum atomic E-state index is -0.579. The average molecular weight is 471 g/mol. The van der Waals surface area contributed by atoms with Gasteiger partial charge < -0.3 is 10.6 Å². The van der Waals surface area contributed by atoms with E-state index in [0.717, 1.165) is 11.1 Å². The number of benzene rings is 2. The quantitative estimate of drug-likeness (QED) is 0.521. The molecule has 2 N–H and O–H groups in total. The normalized spacial score (nSPS) is 18.4. The van der Waals surface area contributed by atoms with Crippen LogP contribution in [0.1, 0.15) is 23.1 Å². The fourth-order valence-corrected chi connectivity index (χ4v) is 4.21. The molecule has 1 fully saturated rings. The number of aromatic nitrogens is 1. The second-order valence-electron chi connectivity index (χ2n) is 8.16. The Morgan fingerprint density at radius 1 is 1.03 bits per heavy atom. The van der Waals surface area contributed by atoms with Gasteiger partial charge >= 0.3 is 0 Å². The average Bonchev–Trinajstić information content (AvgIpc) is 3.22. The standard InChI is InChI=1S/C25H25ClF2N4O/c26-19-8-6-17(7-9-19)15-32-16-20(30-14-21-22(27)4-1-5-23(21)28)11-24(32)25(33)31-13-18-3-2-10-29-12-18/h1-10,12,20,24,30H,11,13-16H2,(H,31,33)/t20-,24-/m0/s1. The second kappa shape index (κ2) is 10.8. The maximum Gasteiger partial charge on any atom is 0.237 e. The van der Waals surface area contributed by atoms with Crippen molar-refractivity contribution in [3.8, 4) is 0 Å². The van der Waals surface area contributed by atoms with Gasteiger partial charge in [0.25, 0.3) is 0 Å². The van der Waals surface area contributed by atoms with Crippen molar-refractivity contribution in [3.05, 3.63) is 100 Å². The molecule has 2 atom stereocenters. The summed E-state index contributed by atoms with van der Waals surface area (Å²) in [5.41, 5.74) is 1.95. The van der Waals surface area contributed by atoms with Crippen molar-refractivity contribution in [2.75, 3.05) is 6.54 Å². The monoisotopic (exact) mass is 470 g/mol. The molecule has 0 bridgehead atoms. The first-order valence-electron chi connectivity index (χ1n) is 10.8. The highest BCUT2D eigenvalue weighted by molar-refractivity contribution is 6.30. The number of nitrogens with one attached hydrogen (secondary N) is 2. The molecule has 2 heterocycles. The predicted octanol–water partition coefficient (Wildman–Crippen LogP) is 4.06. The summed E-state index contributed by atoms with van der Waals surface area (Å²) in [6.07, 6.45) is 3.93. The van der Waals surface area contributed by atoms with Crippen molar-refractivity contribution < 1.29 is 13.6 Å². The molecule has 0 aliphatic carbocycles. The molecule has 1 amide bonds. The Labute approximate surface area is 196 Å². The zero-order valence-corrected chi connectivity index (χ0v) is 18.7. The minimum absolute atomic E-state index is 0.00577. The molecule has 0 spiro atoms. The number of carbonyl (C=O) groups is 1. The molecule has 172 valence electrons. The summed E-state index contributed by atoms with van der Waals surface area (Å²) in [5, 5.41) is 6.87. The number of amides is 1. The Balaban J connectivity index is 1.44. The molecule has 1 aromatic heterocycles. The summed E-state index contributed by atoms with van der Waals surface area (Å²) in [4.78, 5) is 19.2. The Morgan fingerprint density at radius 3 is 2.48 bits per heavy atom. The lowest BCUT2D eigenvalue weighted by molar-refractivity contribution is -0.125. The van der Waals surface area contributed by atoms with Crippen LogP contribution in [-0.4, -0.2) is 34.4 Å². The van der Waals surface area contributed by atoms with E-state index in [0.29, 0.717) is 31.1 Å². The van der Waals surface area contributed by atoms with Crippen LogP contribution in [0.3, 0.4) is 0 Å². The molecule has 1 saturated heterocycles. The summed E-state index contributed by atoms with van der Waals surface area (Å²) in [7, 11) is 0. The number of likely N-dealkylation sites (tertiary alicyclic amines) is 1. The highest BCUT2D eigenvalue weighted by Gasteiger charge is 2.36. The van der Waals surface area contributed by atoms with Gasteiger partial charge in [-0.3, -0.25) is 14.7 Å². The third-order valence-corrected chi connectivity index (χ3v) is 6.08. The van der Waals surface area contributed by atoms with Crippen LogP contribution in [0.5, 0.6) is 0 Å². The Morgan fingerprint density at radius 2 is 1.79 bits per heavy atom. The van der Waals surface area contributed by atoms with Gasteiger partial charge in [-0.05, 0) is 47.9 Å². The summed E-state index contributed by atoms with van der Waals surface area (Å²) in [6.45, 7) is 1.58. The summed E-state index contributed by atoms with van der Waals surface area (Å²) in [5.74, 6) is -1.25. The van der Waals surface area contributed by atoms with E-state index < -0.39 is 11.6 Å². The molecular weight excluding hydrogens is 446 g/mol. The second-order valence-corrected chi connectivity index (χ2v) is 8.60. The van der Waals surface area contributed by atoms with Crippen LogP contribution in [0.2, 0.25) is 5.02 Å². The maximum absolute atomic E-state index is 14.0. The minimum Gasteiger partial charge on any atom is -0.351 e. The number of pyridine rings is 1. The molecule has 3 aromatic rings. The van der Waals surface area contributed by atoms with E-state index in [-0.39, 0.29) is 30.1 Å². The van der Waals surface area contributed by atoms with E-state index in [1.807, 2.05) is 36.4 Å². The molecule has 1 aliphatic heterocycles. The Hall–Kier alpha value is -2.87. The zero-order chi connectivity index (χ0) is 23.2. The van der Waals surface area contributed by atoms with Crippen LogP contribution in [0, 0.1) is 11.6 Å². The molecule has 0 saturated carbocycles. The van der Waals surface area contributed by atoms with Crippen molar-refractivity contribution in [2.24, 2.45) is 0 Å². The third-order valence-electron chi connectivity index (χ3n) is 5.82. The molecule has 8 heteroatoms. The maximum atomic E-state index is 14.0. The van der Waals surface area contributed by atoms with Gasteiger partial charge in [0.05, 0.1) is 6.04 Å². The van der Waals surface area contributed by atoms with E-state index in [1.54, 1.807) is 12.4 Å². The van der Waals surface area contributed by atoms with Crippen LogP contribution in [0.25, 0.3) is 0 Å². The van der Waals surface area contributed by atoms with E-state index in [9.17, 15) is 13.6 Å². The number of nitrogens with zero attached hydrogens (tertiary/aromatic N) is 2. The van der Waals surface area contributed by atoms with Gasteiger partial charge in [-0.15, -0.1) is 0 Å². The van der Waals surface area contributed by atoms with Crippen LogP contribution in [-0.2, 0) is 24.4 Å². The van der Waals surface area contributed by atoms with Crippen molar-refractivity contribution >= 4 is 17.5 Å². The largest absolute Gasteiger partial charge is 0.351 e. The number of carbonyl (C=O) groups excluding carboxylic acids is 1. The van der Waals surface area contributed by atoms with Crippen LogP contribution >= 0.6 is 11.6 Å². The fraction of sp³-hybridized carbons (Fsp3) is 0.280. The van der Waals surface area contributed by atoms with Gasteiger partial charge in [0.1, 0.15) is 11.6 Å². The first-order chi connectivity index (χ1) is 16.0. The molecule has 33 heavy (non-hydrogen) atoms. The molecular formula is C25H25ClF2N4O. The van der Waals surface area contributed by atoms with Gasteiger partial charge in [0.15, 0.2) is 0 Å². The molecule has 4 rings (SSSR count). The SMILES string of the molecule is O=C(NCc1cccnc1)[C@@H]1C[C@H](NCc2c(F)cccc2F)CN1Cc1ccc(Cl)cc1. The van der Waals surface area contributed by atoms with E-state index in [2.05, 4.69) is 20.5 Å². The van der Waals surface area contributed by atoms with E-state index in [4.69, 9.17) is 11.6 Å². The van der Waals surface area contributed by atoms with Crippen LogP contribution in [0.4, 0.5) is 8.78 Å². The molecule has 0 radical (unpaired) electrons. The van der Waals surface area contributed by atoms with Crippen molar-refractivity contribution in [1.82, 2.24) is 20.5 Å². The summed E-state index contributed by atoms with van der Waals surface area (Å²) >= 11 is 6.00. The summed E-state index contributed by atoms with van der Waals surface area (Å²) in [6, 6.07) is 14.6. The van der Waals surface area contributed by atoms with Crippen molar-refractivity contribution in [2.45, 2.75) is 38.1 Å². The van der Waals surface area contributed by atoms with Gasteiger partial charge in [0, 0.05) is 55.2 Å². The van der Waals surface area contributed by atoms with Crippen molar-refractivity contribution in [3.63, 3.8) is 0 Å². The lowest BCUT2D eigenvalue weighted by Gasteiger charge is -2.23. The van der Waals surface area contributed by atoms with Gasteiger partial charge in [-0.2, -0.15) is 0 Å². The Bertz CT molecular complexity index is 1060. The summed E-state index contributed by atoms with van der Waals surface area (Å²) < 4.78 is 28.0. The Kier molecular flexibility index (Phi) is 7.65. The van der Waals surface area contributed by atoms with Gasteiger partial charge in [0.2, 0.25) is 5.91 Å². The van der Waals surface area contributed by atoms with Gasteiger partial charge in [-0.25, -0.2) is 8.78 Å². The van der Waals surface area contributed by atoms with E-state index in [1.165, 1.54) is 18.2 Å². The van der Waals surface area contributed by atoms with Crippen LogP contribution in [0.15, 0.2) is 67.0 Å². The number of halogens is 3. The zero-order valence-electron chi connectivity index (χ0n) is 18.0. The first-order valence-corrected chi connectivity index (χ1v) is 11.2. The highest BCUT2D eigenvalue weighted by atomic mass is 35.5. The lowest BCUT2D eigenvalue weighted by Crippen LogP contribution is -2.42.